The fourth-order valence-corrected chi connectivity index (χ4v) is 3.99. The molecule has 1 aliphatic carbocycles. The topological polar surface area (TPSA) is 21.3 Å². The second-order valence-electron chi connectivity index (χ2n) is 6.05. The van der Waals surface area contributed by atoms with Crippen LogP contribution in [0.2, 0.25) is 0 Å². The molecule has 1 aromatic rings. The number of hydrogen-bond donors (Lipinski definition) is 1. The second-order valence-corrected chi connectivity index (χ2v) is 7.32. The van der Waals surface area contributed by atoms with E-state index < -0.39 is 0 Å². The minimum atomic E-state index is 0.467. The third-order valence-corrected chi connectivity index (χ3v) is 5.76. The van der Waals surface area contributed by atoms with E-state index in [0.29, 0.717) is 4.75 Å². The Balaban J connectivity index is 1.82. The first-order valence-corrected chi connectivity index (χ1v) is 9.48. The van der Waals surface area contributed by atoms with E-state index in [1.54, 1.807) is 0 Å². The summed E-state index contributed by atoms with van der Waals surface area (Å²) in [5.74, 6) is 0.994. The maximum absolute atomic E-state index is 5.70. The Kier molecular flexibility index (Phi) is 6.91. The van der Waals surface area contributed by atoms with Gasteiger partial charge in [-0.1, -0.05) is 38.3 Å². The van der Waals surface area contributed by atoms with Crippen molar-refractivity contribution >= 4 is 11.8 Å². The maximum atomic E-state index is 5.70. The molecule has 0 heterocycles. The van der Waals surface area contributed by atoms with Crippen LogP contribution in [0.25, 0.3) is 0 Å². The van der Waals surface area contributed by atoms with Gasteiger partial charge in [0.2, 0.25) is 0 Å². The molecule has 1 saturated carbocycles. The summed E-state index contributed by atoms with van der Waals surface area (Å²) in [6.45, 7) is 4.99. The molecule has 0 atom stereocenters. The molecule has 1 aromatic carbocycles. The molecule has 0 unspecified atom stereocenters. The van der Waals surface area contributed by atoms with Gasteiger partial charge < -0.3 is 10.1 Å². The zero-order valence-corrected chi connectivity index (χ0v) is 14.3. The molecule has 0 amide bonds. The Bertz CT molecular complexity index is 415. The first-order valence-electron chi connectivity index (χ1n) is 8.25. The Morgan fingerprint density at radius 1 is 1.24 bits per heavy atom. The molecule has 1 aliphatic rings. The lowest BCUT2D eigenvalue weighted by Gasteiger charge is -2.36. The zero-order valence-electron chi connectivity index (χ0n) is 13.5. The second kappa shape index (κ2) is 8.70. The van der Waals surface area contributed by atoms with E-state index >= 15 is 0 Å². The molecule has 1 fully saturated rings. The van der Waals surface area contributed by atoms with Gasteiger partial charge in [-0.15, -0.1) is 0 Å². The third kappa shape index (κ3) is 5.23. The summed E-state index contributed by atoms with van der Waals surface area (Å²) < 4.78 is 6.17. The highest BCUT2D eigenvalue weighted by atomic mass is 32.2. The number of thioether (sulfide) groups is 1. The normalized spacial score (nSPS) is 17.6. The maximum Gasteiger partial charge on any atom is 0.119 e. The van der Waals surface area contributed by atoms with Gasteiger partial charge in [-0.25, -0.2) is 0 Å². The van der Waals surface area contributed by atoms with Crippen molar-refractivity contribution in [1.29, 1.82) is 0 Å². The largest absolute Gasteiger partial charge is 0.494 e. The summed E-state index contributed by atoms with van der Waals surface area (Å²) in [4.78, 5) is 0. The van der Waals surface area contributed by atoms with E-state index in [1.165, 1.54) is 37.7 Å². The van der Waals surface area contributed by atoms with Gasteiger partial charge in [-0.2, -0.15) is 11.8 Å². The quantitative estimate of drug-likeness (QED) is 0.756. The number of hydrogen-bond acceptors (Lipinski definition) is 3. The SMILES string of the molecule is CCCOc1cccc(CNCC2(SC)CCCCC2)c1. The van der Waals surface area contributed by atoms with Gasteiger partial charge in [-0.3, -0.25) is 0 Å². The van der Waals surface area contributed by atoms with E-state index in [-0.39, 0.29) is 0 Å². The van der Waals surface area contributed by atoms with Crippen molar-refractivity contribution in [2.24, 2.45) is 0 Å². The van der Waals surface area contributed by atoms with Gasteiger partial charge in [0.25, 0.3) is 0 Å². The molecular formula is C18H29NOS. The van der Waals surface area contributed by atoms with Crippen LogP contribution in [0, 0.1) is 0 Å². The number of benzene rings is 1. The molecule has 1 N–H and O–H groups in total. The fraction of sp³-hybridized carbons (Fsp3) is 0.667. The Morgan fingerprint density at radius 2 is 2.05 bits per heavy atom. The van der Waals surface area contributed by atoms with E-state index in [2.05, 4.69) is 48.5 Å². The summed E-state index contributed by atoms with van der Waals surface area (Å²) in [6.07, 6.45) is 10.2. The van der Waals surface area contributed by atoms with Gasteiger partial charge in [0, 0.05) is 17.8 Å². The number of nitrogens with one attached hydrogen (secondary N) is 1. The summed E-state index contributed by atoms with van der Waals surface area (Å²) >= 11 is 2.06. The van der Waals surface area contributed by atoms with Crippen LogP contribution >= 0.6 is 11.8 Å². The molecule has 118 valence electrons. The van der Waals surface area contributed by atoms with Crippen LogP contribution < -0.4 is 10.1 Å². The van der Waals surface area contributed by atoms with Crippen LogP contribution in [-0.4, -0.2) is 24.2 Å². The molecule has 0 aliphatic heterocycles. The minimum Gasteiger partial charge on any atom is -0.494 e. The van der Waals surface area contributed by atoms with Gasteiger partial charge in [0.1, 0.15) is 5.75 Å². The van der Waals surface area contributed by atoms with Crippen LogP contribution in [0.4, 0.5) is 0 Å². The standard InChI is InChI=1S/C18H29NOS/c1-3-12-20-17-9-7-8-16(13-17)14-19-15-18(21-2)10-5-4-6-11-18/h7-9,13,19H,3-6,10-12,14-15H2,1-2H3. The van der Waals surface area contributed by atoms with Crippen LogP contribution in [0.1, 0.15) is 51.0 Å². The molecule has 21 heavy (non-hydrogen) atoms. The van der Waals surface area contributed by atoms with Crippen LogP contribution in [0.15, 0.2) is 24.3 Å². The molecule has 0 bridgehead atoms. The average Bonchev–Trinajstić information content (AvgIpc) is 2.54. The van der Waals surface area contributed by atoms with Crippen molar-refractivity contribution in [3.8, 4) is 5.75 Å². The first kappa shape index (κ1) is 16.7. The minimum absolute atomic E-state index is 0.467. The molecule has 2 nitrogen and oxygen atoms in total. The van der Waals surface area contributed by atoms with Crippen molar-refractivity contribution in [2.75, 3.05) is 19.4 Å². The first-order chi connectivity index (χ1) is 10.3. The van der Waals surface area contributed by atoms with E-state index in [4.69, 9.17) is 4.74 Å². The predicted octanol–water partition coefficient (Wildman–Crippen LogP) is 4.63. The molecule has 0 aromatic heterocycles. The Morgan fingerprint density at radius 3 is 2.76 bits per heavy atom. The van der Waals surface area contributed by atoms with Crippen molar-refractivity contribution in [1.82, 2.24) is 5.32 Å². The van der Waals surface area contributed by atoms with Gasteiger partial charge in [0.15, 0.2) is 0 Å². The monoisotopic (exact) mass is 307 g/mol. The number of rotatable bonds is 8. The summed E-state index contributed by atoms with van der Waals surface area (Å²) in [5.41, 5.74) is 1.32. The van der Waals surface area contributed by atoms with Crippen molar-refractivity contribution < 1.29 is 4.74 Å². The fourth-order valence-electron chi connectivity index (χ4n) is 3.05. The highest BCUT2D eigenvalue weighted by molar-refractivity contribution is 8.00. The van der Waals surface area contributed by atoms with Crippen molar-refractivity contribution in [3.05, 3.63) is 29.8 Å². The van der Waals surface area contributed by atoms with E-state index in [9.17, 15) is 0 Å². The van der Waals surface area contributed by atoms with E-state index in [1.807, 2.05) is 6.07 Å². The van der Waals surface area contributed by atoms with E-state index in [0.717, 1.165) is 31.9 Å². The summed E-state index contributed by atoms with van der Waals surface area (Å²) in [5, 5.41) is 3.67. The van der Waals surface area contributed by atoms with Gasteiger partial charge >= 0.3 is 0 Å². The Hall–Kier alpha value is -0.670. The van der Waals surface area contributed by atoms with Gasteiger partial charge in [0.05, 0.1) is 6.61 Å². The van der Waals surface area contributed by atoms with Crippen molar-refractivity contribution in [3.63, 3.8) is 0 Å². The smallest absolute Gasteiger partial charge is 0.119 e. The molecular weight excluding hydrogens is 278 g/mol. The molecule has 3 heteroatoms. The molecule has 0 saturated heterocycles. The average molecular weight is 308 g/mol. The lowest BCUT2D eigenvalue weighted by Crippen LogP contribution is -2.39. The van der Waals surface area contributed by atoms with Crippen molar-refractivity contribution in [2.45, 2.75) is 56.7 Å². The summed E-state index contributed by atoms with van der Waals surface area (Å²) in [7, 11) is 0. The summed E-state index contributed by atoms with van der Waals surface area (Å²) in [6, 6.07) is 8.48. The van der Waals surface area contributed by atoms with Gasteiger partial charge in [-0.05, 0) is 43.2 Å². The number of ether oxygens (including phenoxy) is 1. The predicted molar refractivity (Wildman–Crippen MR) is 93.3 cm³/mol. The lowest BCUT2D eigenvalue weighted by molar-refractivity contribution is 0.317. The molecule has 2 rings (SSSR count). The molecule has 0 spiro atoms. The highest BCUT2D eigenvalue weighted by Gasteiger charge is 2.30. The lowest BCUT2D eigenvalue weighted by atomic mass is 9.88. The van der Waals surface area contributed by atoms with Crippen LogP contribution in [-0.2, 0) is 6.54 Å². The highest BCUT2D eigenvalue weighted by Crippen LogP contribution is 2.38. The Labute approximate surface area is 134 Å². The van der Waals surface area contributed by atoms with Crippen LogP contribution in [0.3, 0.4) is 0 Å². The molecule has 0 radical (unpaired) electrons. The zero-order chi connectivity index (χ0) is 15.0. The van der Waals surface area contributed by atoms with Crippen LogP contribution in [0.5, 0.6) is 5.75 Å². The third-order valence-electron chi connectivity index (χ3n) is 4.35.